The first-order valence-electron chi connectivity index (χ1n) is 10.3. The molecule has 0 aliphatic rings. The first-order chi connectivity index (χ1) is 15.1. The molecule has 4 rings (SSSR count). The molecule has 0 fully saturated rings. The largest absolute Gasteiger partial charge is 0.497 e. The predicted octanol–water partition coefficient (Wildman–Crippen LogP) is 5.28. The summed E-state index contributed by atoms with van der Waals surface area (Å²) in [6.07, 6.45) is 3.98. The molecule has 6 nitrogen and oxygen atoms in total. The van der Waals surface area contributed by atoms with E-state index < -0.39 is 0 Å². The molecule has 0 radical (unpaired) electrons. The van der Waals surface area contributed by atoms with Crippen LogP contribution in [0, 0.1) is 0 Å². The number of hydrogen-bond acceptors (Lipinski definition) is 5. The summed E-state index contributed by atoms with van der Waals surface area (Å²) in [6, 6.07) is 11.7. The van der Waals surface area contributed by atoms with Crippen molar-refractivity contribution >= 4 is 21.7 Å². The molecule has 6 heteroatoms. The lowest BCUT2D eigenvalue weighted by Gasteiger charge is -2.15. The lowest BCUT2D eigenvalue weighted by molar-refractivity contribution is 0.356. The van der Waals surface area contributed by atoms with E-state index in [9.17, 15) is 4.79 Å². The first-order valence-corrected chi connectivity index (χ1v) is 10.3. The highest BCUT2D eigenvalue weighted by molar-refractivity contribution is 5.91. The minimum atomic E-state index is -0.0852. The molecule has 0 saturated heterocycles. The van der Waals surface area contributed by atoms with E-state index in [1.54, 1.807) is 21.3 Å². The maximum Gasteiger partial charge on any atom is 0.252 e. The predicted molar refractivity (Wildman–Crippen MR) is 129 cm³/mol. The van der Waals surface area contributed by atoms with Crippen LogP contribution in [0.4, 0.5) is 0 Å². The Morgan fingerprint density at radius 2 is 1.66 bits per heavy atom. The van der Waals surface area contributed by atoms with Crippen LogP contribution in [0.5, 0.6) is 17.2 Å². The number of hydrogen-bond donors (Lipinski definition) is 1. The fraction of sp³-hybridized carbons (Fsp3) is 0.308. The van der Waals surface area contributed by atoms with Gasteiger partial charge in [-0.25, -0.2) is 0 Å². The van der Waals surface area contributed by atoms with Crippen molar-refractivity contribution in [3.8, 4) is 17.2 Å². The molecule has 2 aromatic carbocycles. The Labute approximate surface area is 188 Å². The molecule has 1 N–H and O–H groups in total. The Hall–Kier alpha value is -3.54. The minimum Gasteiger partial charge on any atom is -0.497 e. The Morgan fingerprint density at radius 1 is 0.938 bits per heavy atom. The number of benzene rings is 2. The Morgan fingerprint density at radius 3 is 2.31 bits per heavy atom. The summed E-state index contributed by atoms with van der Waals surface area (Å²) in [4.78, 5) is 20.7. The van der Waals surface area contributed by atoms with Crippen LogP contribution in [-0.2, 0) is 12.8 Å². The van der Waals surface area contributed by atoms with Gasteiger partial charge in [0.05, 0.1) is 26.8 Å². The number of methoxy groups -OCH3 is 3. The van der Waals surface area contributed by atoms with Crippen LogP contribution in [0.3, 0.4) is 0 Å². The molecule has 2 aromatic heterocycles. The van der Waals surface area contributed by atoms with Gasteiger partial charge in [-0.1, -0.05) is 20.8 Å². The lowest BCUT2D eigenvalue weighted by Crippen LogP contribution is -2.16. The zero-order valence-electron chi connectivity index (χ0n) is 18.2. The maximum absolute atomic E-state index is 13.1. The number of rotatable bonds is 7. The van der Waals surface area contributed by atoms with Crippen molar-refractivity contribution in [1.82, 2.24) is 9.97 Å². The van der Waals surface area contributed by atoms with Gasteiger partial charge in [0.15, 0.2) is 11.5 Å². The summed E-state index contributed by atoms with van der Waals surface area (Å²) in [5, 5.41) is 2.85. The van der Waals surface area contributed by atoms with Gasteiger partial charge in [0.1, 0.15) is 5.75 Å². The molecule has 4 aromatic rings. The van der Waals surface area contributed by atoms with Gasteiger partial charge in [0.2, 0.25) is 0 Å². The van der Waals surface area contributed by atoms with Crippen LogP contribution >= 0.6 is 0 Å². The van der Waals surface area contributed by atoms with E-state index in [0.717, 1.165) is 51.5 Å². The number of H-pyrrole nitrogens is 1. The molecule has 0 aliphatic heterocycles. The van der Waals surface area contributed by atoms with Crippen LogP contribution in [-0.4, -0.2) is 31.3 Å². The molecule has 0 aliphatic carbocycles. The number of nitrogens with one attached hydrogen (secondary N) is 1. The number of pyridine rings is 2. The minimum absolute atomic E-state index is 0. The number of ether oxygens (including phenoxy) is 3. The zero-order chi connectivity index (χ0) is 22.0. The van der Waals surface area contributed by atoms with E-state index in [2.05, 4.69) is 23.0 Å². The Kier molecular flexibility index (Phi) is 7.03. The van der Waals surface area contributed by atoms with E-state index in [-0.39, 0.29) is 13.0 Å². The smallest absolute Gasteiger partial charge is 0.252 e. The van der Waals surface area contributed by atoms with Crippen molar-refractivity contribution in [2.24, 2.45) is 0 Å². The van der Waals surface area contributed by atoms with Crippen molar-refractivity contribution < 1.29 is 14.2 Å². The van der Waals surface area contributed by atoms with E-state index >= 15 is 0 Å². The number of aromatic amines is 1. The van der Waals surface area contributed by atoms with Crippen molar-refractivity contribution in [1.29, 1.82) is 0 Å². The summed E-state index contributed by atoms with van der Waals surface area (Å²) in [7, 11) is 4.86. The summed E-state index contributed by atoms with van der Waals surface area (Å²) in [5.74, 6) is 2.02. The second-order valence-corrected chi connectivity index (χ2v) is 7.49. The second-order valence-electron chi connectivity index (χ2n) is 7.49. The van der Waals surface area contributed by atoms with Gasteiger partial charge in [-0.15, -0.1) is 0 Å². The highest BCUT2D eigenvalue weighted by Crippen LogP contribution is 2.35. The van der Waals surface area contributed by atoms with Crippen LogP contribution in [0.1, 0.15) is 37.6 Å². The SMILES string of the molecule is C.CCCc1[nH]c(=O)c(Cc2cnc3cc(OC)ccc3c2)c2cc(OC)c(OC)cc12. The number of aromatic nitrogens is 2. The van der Waals surface area contributed by atoms with Gasteiger partial charge in [-0.3, -0.25) is 9.78 Å². The third-order valence-electron chi connectivity index (χ3n) is 5.54. The summed E-state index contributed by atoms with van der Waals surface area (Å²) >= 11 is 0. The Bertz CT molecular complexity index is 1310. The summed E-state index contributed by atoms with van der Waals surface area (Å²) in [6.45, 7) is 2.09. The lowest BCUT2D eigenvalue weighted by atomic mass is 9.97. The topological polar surface area (TPSA) is 73.4 Å². The molecule has 0 saturated carbocycles. The highest BCUT2D eigenvalue weighted by Gasteiger charge is 2.16. The van der Waals surface area contributed by atoms with Crippen molar-refractivity contribution in [2.75, 3.05) is 21.3 Å². The molecule has 32 heavy (non-hydrogen) atoms. The van der Waals surface area contributed by atoms with E-state index in [4.69, 9.17) is 14.2 Å². The van der Waals surface area contributed by atoms with Gasteiger partial charge >= 0.3 is 0 Å². The van der Waals surface area contributed by atoms with E-state index in [1.807, 2.05) is 36.5 Å². The number of nitrogens with zero attached hydrogens (tertiary/aromatic N) is 1. The molecule has 0 spiro atoms. The van der Waals surface area contributed by atoms with E-state index in [1.165, 1.54) is 0 Å². The zero-order valence-corrected chi connectivity index (χ0v) is 18.2. The molecule has 168 valence electrons. The molecule has 0 unspecified atom stereocenters. The fourth-order valence-corrected chi connectivity index (χ4v) is 3.98. The van der Waals surface area contributed by atoms with Crippen molar-refractivity contribution in [2.45, 2.75) is 33.6 Å². The molecule has 0 atom stereocenters. The molecule has 0 amide bonds. The number of aryl methyl sites for hydroxylation is 1. The normalized spacial score (nSPS) is 10.8. The Balaban J connectivity index is 0.00000289. The third kappa shape index (κ3) is 4.26. The molecular formula is C26H30N2O4. The fourth-order valence-electron chi connectivity index (χ4n) is 3.98. The van der Waals surface area contributed by atoms with Gasteiger partial charge in [-0.05, 0) is 47.7 Å². The molecule has 0 bridgehead atoms. The average Bonchev–Trinajstić information content (AvgIpc) is 2.80. The third-order valence-corrected chi connectivity index (χ3v) is 5.54. The van der Waals surface area contributed by atoms with Crippen LogP contribution in [0.2, 0.25) is 0 Å². The van der Waals surface area contributed by atoms with Crippen molar-refractivity contribution in [3.05, 3.63) is 69.8 Å². The molecular weight excluding hydrogens is 404 g/mol. The highest BCUT2D eigenvalue weighted by atomic mass is 16.5. The van der Waals surface area contributed by atoms with Crippen LogP contribution in [0.15, 0.2) is 47.4 Å². The average molecular weight is 435 g/mol. The molecule has 2 heterocycles. The standard InChI is InChI=1S/C25H26N2O4.CH4/c1-5-6-21-19-13-24(31-4)23(30-3)12-18(19)20(25(28)27-21)10-15-9-16-7-8-17(29-2)11-22(16)26-14-15;/h7-9,11-14H,5-6,10H2,1-4H3,(H,27,28);1H4. The van der Waals surface area contributed by atoms with Gasteiger partial charge < -0.3 is 19.2 Å². The quantitative estimate of drug-likeness (QED) is 0.428. The van der Waals surface area contributed by atoms with E-state index in [0.29, 0.717) is 23.5 Å². The summed E-state index contributed by atoms with van der Waals surface area (Å²) in [5.41, 5.74) is 3.33. The van der Waals surface area contributed by atoms with Gasteiger partial charge in [-0.2, -0.15) is 0 Å². The van der Waals surface area contributed by atoms with Crippen LogP contribution < -0.4 is 19.8 Å². The summed E-state index contributed by atoms with van der Waals surface area (Å²) < 4.78 is 16.3. The van der Waals surface area contributed by atoms with Crippen molar-refractivity contribution in [3.63, 3.8) is 0 Å². The van der Waals surface area contributed by atoms with Gasteiger partial charge in [0.25, 0.3) is 5.56 Å². The number of fused-ring (bicyclic) bond motifs is 2. The maximum atomic E-state index is 13.1. The first kappa shape index (κ1) is 23.1. The monoisotopic (exact) mass is 434 g/mol. The van der Waals surface area contributed by atoms with Gasteiger partial charge in [0, 0.05) is 40.7 Å². The van der Waals surface area contributed by atoms with Crippen LogP contribution in [0.25, 0.3) is 21.7 Å². The second kappa shape index (κ2) is 9.73.